The molecule has 0 aliphatic heterocycles. The van der Waals surface area contributed by atoms with Gasteiger partial charge in [-0.2, -0.15) is 13.5 Å². The highest BCUT2D eigenvalue weighted by Gasteiger charge is 2.20. The molecule has 1 fully saturated rings. The van der Waals surface area contributed by atoms with E-state index in [0.29, 0.717) is 11.7 Å². The molecular weight excluding hydrogens is 276 g/mol. The zero-order chi connectivity index (χ0) is 14.0. The van der Waals surface area contributed by atoms with Gasteiger partial charge in [-0.25, -0.2) is 0 Å². The van der Waals surface area contributed by atoms with Gasteiger partial charge in [0.2, 0.25) is 0 Å². The molecule has 1 aromatic carbocycles. The Bertz CT molecular complexity index is 678. The minimum absolute atomic E-state index is 0.0546. The van der Waals surface area contributed by atoms with E-state index in [1.54, 1.807) is 6.07 Å². The van der Waals surface area contributed by atoms with Crippen molar-refractivity contribution in [3.05, 3.63) is 42.1 Å². The van der Waals surface area contributed by atoms with Crippen molar-refractivity contribution in [1.82, 2.24) is 15.5 Å². The summed E-state index contributed by atoms with van der Waals surface area (Å²) in [7, 11) is -3.59. The van der Waals surface area contributed by atoms with Gasteiger partial charge in [0, 0.05) is 18.3 Å². The Morgan fingerprint density at radius 2 is 2.15 bits per heavy atom. The number of benzene rings is 1. The Hall–Kier alpha value is -1.86. The first kappa shape index (κ1) is 13.1. The summed E-state index contributed by atoms with van der Waals surface area (Å²) < 4.78 is 26.6. The lowest BCUT2D eigenvalue weighted by atomic mass is 10.2. The molecule has 1 aromatic heterocycles. The van der Waals surface area contributed by atoms with Gasteiger partial charge in [-0.1, -0.05) is 12.1 Å². The highest BCUT2D eigenvalue weighted by Crippen LogP contribution is 2.20. The molecule has 1 aliphatic rings. The molecule has 3 rings (SSSR count). The molecule has 0 spiro atoms. The Morgan fingerprint density at radius 3 is 2.85 bits per heavy atom. The van der Waals surface area contributed by atoms with Crippen LogP contribution < -0.4 is 10.0 Å². The smallest absolute Gasteiger partial charge is 0.278 e. The number of hydrogen-bond donors (Lipinski definition) is 3. The molecule has 0 radical (unpaired) electrons. The van der Waals surface area contributed by atoms with E-state index in [9.17, 15) is 8.42 Å². The van der Waals surface area contributed by atoms with Crippen LogP contribution in [0.1, 0.15) is 18.4 Å². The van der Waals surface area contributed by atoms with E-state index in [-0.39, 0.29) is 5.03 Å². The molecule has 2 aromatic rings. The summed E-state index contributed by atoms with van der Waals surface area (Å²) in [6, 6.07) is 9.43. The summed E-state index contributed by atoms with van der Waals surface area (Å²) in [5.41, 5.74) is 1.61. The SMILES string of the molecule is O=S(=O)(Nc1cccc(CNC2CC2)c1)c1ccn[nH]1. The molecule has 3 N–H and O–H groups in total. The van der Waals surface area contributed by atoms with Gasteiger partial charge in [0.15, 0.2) is 5.03 Å². The first-order valence-corrected chi connectivity index (χ1v) is 7.96. The predicted octanol–water partition coefficient (Wildman–Crippen LogP) is 1.46. The quantitative estimate of drug-likeness (QED) is 0.752. The minimum Gasteiger partial charge on any atom is -0.310 e. The van der Waals surface area contributed by atoms with Crippen molar-refractivity contribution in [2.75, 3.05) is 4.72 Å². The topological polar surface area (TPSA) is 86.9 Å². The van der Waals surface area contributed by atoms with Crippen LogP contribution in [0.25, 0.3) is 0 Å². The molecule has 0 unspecified atom stereocenters. The lowest BCUT2D eigenvalue weighted by Crippen LogP contribution is -2.16. The van der Waals surface area contributed by atoms with E-state index < -0.39 is 10.0 Å². The van der Waals surface area contributed by atoms with Crippen LogP contribution >= 0.6 is 0 Å². The number of aromatic amines is 1. The molecule has 0 bridgehead atoms. The molecule has 1 aliphatic carbocycles. The van der Waals surface area contributed by atoms with E-state index in [1.165, 1.54) is 25.1 Å². The van der Waals surface area contributed by atoms with Crippen LogP contribution in [0.2, 0.25) is 0 Å². The predicted molar refractivity (Wildman–Crippen MR) is 75.7 cm³/mol. The lowest BCUT2D eigenvalue weighted by Gasteiger charge is -2.08. The Labute approximate surface area is 117 Å². The molecule has 0 amide bonds. The van der Waals surface area contributed by atoms with Gasteiger partial charge >= 0.3 is 0 Å². The van der Waals surface area contributed by atoms with Crippen LogP contribution in [0, 0.1) is 0 Å². The molecule has 0 saturated heterocycles. The fourth-order valence-electron chi connectivity index (χ4n) is 1.90. The number of hydrogen-bond acceptors (Lipinski definition) is 4. The van der Waals surface area contributed by atoms with Crippen LogP contribution in [0.15, 0.2) is 41.6 Å². The van der Waals surface area contributed by atoms with Crippen LogP contribution in [0.4, 0.5) is 5.69 Å². The van der Waals surface area contributed by atoms with Gasteiger partial charge < -0.3 is 5.32 Å². The van der Waals surface area contributed by atoms with Gasteiger partial charge in [0.1, 0.15) is 0 Å². The van der Waals surface area contributed by atoms with E-state index in [0.717, 1.165) is 12.1 Å². The highest BCUT2D eigenvalue weighted by atomic mass is 32.2. The summed E-state index contributed by atoms with van der Waals surface area (Å²) >= 11 is 0. The first-order valence-electron chi connectivity index (χ1n) is 6.48. The van der Waals surface area contributed by atoms with Gasteiger partial charge in [0.05, 0.1) is 6.20 Å². The second-order valence-electron chi connectivity index (χ2n) is 4.88. The van der Waals surface area contributed by atoms with E-state index >= 15 is 0 Å². The molecule has 20 heavy (non-hydrogen) atoms. The summed E-state index contributed by atoms with van der Waals surface area (Å²) in [5.74, 6) is 0. The normalized spacial score (nSPS) is 15.2. The van der Waals surface area contributed by atoms with Crippen molar-refractivity contribution in [2.24, 2.45) is 0 Å². The first-order chi connectivity index (χ1) is 9.63. The third kappa shape index (κ3) is 3.17. The van der Waals surface area contributed by atoms with Crippen LogP contribution in [-0.4, -0.2) is 24.7 Å². The molecule has 106 valence electrons. The third-order valence-corrected chi connectivity index (χ3v) is 4.43. The Balaban J connectivity index is 1.71. The fraction of sp³-hybridized carbons (Fsp3) is 0.308. The van der Waals surface area contributed by atoms with Crippen molar-refractivity contribution in [3.8, 4) is 0 Å². The summed E-state index contributed by atoms with van der Waals surface area (Å²) in [6.07, 6.45) is 3.86. The zero-order valence-corrected chi connectivity index (χ0v) is 11.7. The fourth-order valence-corrected chi connectivity index (χ4v) is 2.86. The third-order valence-electron chi connectivity index (χ3n) is 3.12. The number of anilines is 1. The highest BCUT2D eigenvalue weighted by molar-refractivity contribution is 7.92. The second kappa shape index (κ2) is 5.26. The Kier molecular flexibility index (Phi) is 3.45. The maximum absolute atomic E-state index is 12.1. The van der Waals surface area contributed by atoms with Gasteiger partial charge in [0.25, 0.3) is 10.0 Å². The molecule has 1 saturated carbocycles. The Morgan fingerprint density at radius 1 is 1.30 bits per heavy atom. The zero-order valence-electron chi connectivity index (χ0n) is 10.8. The van der Waals surface area contributed by atoms with Crippen LogP contribution in [-0.2, 0) is 16.6 Å². The monoisotopic (exact) mass is 292 g/mol. The number of aromatic nitrogens is 2. The second-order valence-corrected chi connectivity index (χ2v) is 6.53. The van der Waals surface area contributed by atoms with E-state index in [2.05, 4.69) is 20.2 Å². The lowest BCUT2D eigenvalue weighted by molar-refractivity contribution is 0.597. The van der Waals surface area contributed by atoms with Gasteiger partial charge in [-0.3, -0.25) is 9.82 Å². The number of sulfonamides is 1. The van der Waals surface area contributed by atoms with Crippen LogP contribution in [0.5, 0.6) is 0 Å². The van der Waals surface area contributed by atoms with Crippen molar-refractivity contribution in [2.45, 2.75) is 30.5 Å². The summed E-state index contributed by atoms with van der Waals surface area (Å²) in [4.78, 5) is 0. The maximum atomic E-state index is 12.1. The average Bonchev–Trinajstić information content (AvgIpc) is 3.06. The average molecular weight is 292 g/mol. The van der Waals surface area contributed by atoms with Crippen molar-refractivity contribution in [1.29, 1.82) is 0 Å². The van der Waals surface area contributed by atoms with Crippen molar-refractivity contribution in [3.63, 3.8) is 0 Å². The van der Waals surface area contributed by atoms with E-state index in [4.69, 9.17) is 0 Å². The van der Waals surface area contributed by atoms with Crippen molar-refractivity contribution >= 4 is 15.7 Å². The van der Waals surface area contributed by atoms with Crippen molar-refractivity contribution < 1.29 is 8.42 Å². The molecule has 1 heterocycles. The van der Waals surface area contributed by atoms with Crippen LogP contribution in [0.3, 0.4) is 0 Å². The molecular formula is C13H16N4O2S. The van der Waals surface area contributed by atoms with E-state index in [1.807, 2.05) is 18.2 Å². The molecule has 0 atom stereocenters. The number of nitrogens with zero attached hydrogens (tertiary/aromatic N) is 1. The molecule has 7 heteroatoms. The summed E-state index contributed by atoms with van der Waals surface area (Å²) in [5, 5.41) is 9.55. The maximum Gasteiger partial charge on any atom is 0.278 e. The standard InChI is InChI=1S/C13H16N4O2S/c18-20(19,13-6-7-15-16-13)17-12-3-1-2-10(8-12)9-14-11-4-5-11/h1-3,6-8,11,14,17H,4-5,9H2,(H,15,16). The minimum atomic E-state index is -3.59. The number of nitrogens with one attached hydrogen (secondary N) is 3. The molecule has 6 nitrogen and oxygen atoms in total. The van der Waals surface area contributed by atoms with Gasteiger partial charge in [-0.05, 0) is 36.6 Å². The number of H-pyrrole nitrogens is 1. The largest absolute Gasteiger partial charge is 0.310 e. The van der Waals surface area contributed by atoms with Gasteiger partial charge in [-0.15, -0.1) is 0 Å². The summed E-state index contributed by atoms with van der Waals surface area (Å²) in [6.45, 7) is 0.754. The number of rotatable bonds is 6.